The van der Waals surface area contributed by atoms with Crippen molar-refractivity contribution in [3.8, 4) is 5.75 Å². The van der Waals surface area contributed by atoms with Gasteiger partial charge in [-0.2, -0.15) is 0 Å². The Labute approximate surface area is 153 Å². The highest BCUT2D eigenvalue weighted by atomic mass is 32.2. The number of aryl methyl sites for hydroxylation is 1. The van der Waals surface area contributed by atoms with Crippen LogP contribution in [-0.2, 0) is 10.0 Å². The number of methoxy groups -OCH3 is 1. The number of nitrogens with zero attached hydrogens (tertiary/aromatic N) is 1. The first kappa shape index (κ1) is 18.7. The molecule has 0 amide bonds. The van der Waals surface area contributed by atoms with Gasteiger partial charge in [0.25, 0.3) is 0 Å². The molecule has 1 saturated heterocycles. The van der Waals surface area contributed by atoms with E-state index in [1.807, 2.05) is 24.3 Å². The second-order valence-electron chi connectivity index (χ2n) is 6.49. The Kier molecular flexibility index (Phi) is 5.48. The molecule has 26 heavy (non-hydrogen) atoms. The molecular weight excluding hydrogens is 355 g/mol. The maximum Gasteiger partial charge on any atom is 0.241 e. The summed E-state index contributed by atoms with van der Waals surface area (Å²) in [7, 11) is -2.16. The number of hydrogen-bond donors (Lipinski definition) is 1. The smallest absolute Gasteiger partial charge is 0.241 e. The number of para-hydroxylation sites is 2. The zero-order valence-corrected chi connectivity index (χ0v) is 15.7. The molecule has 0 aromatic heterocycles. The zero-order valence-electron chi connectivity index (χ0n) is 14.9. The van der Waals surface area contributed by atoms with Gasteiger partial charge in [-0.1, -0.05) is 18.2 Å². The quantitative estimate of drug-likeness (QED) is 0.869. The van der Waals surface area contributed by atoms with E-state index < -0.39 is 15.8 Å². The average molecular weight is 378 g/mol. The highest BCUT2D eigenvalue weighted by Gasteiger charge is 2.27. The van der Waals surface area contributed by atoms with Crippen molar-refractivity contribution in [3.05, 3.63) is 53.8 Å². The molecule has 1 atom stereocenters. The first-order valence-corrected chi connectivity index (χ1v) is 10.1. The monoisotopic (exact) mass is 378 g/mol. The Bertz CT molecular complexity index is 886. The number of anilines is 1. The molecule has 0 bridgehead atoms. The fraction of sp³-hybridized carbons (Fsp3) is 0.368. The Morgan fingerprint density at radius 1 is 1.23 bits per heavy atom. The standard InChI is InChI=1S/C19H23FN2O3S/c1-14-9-10-15(20)12-19(14)26(23,24)21-16-6-5-11-22(13-16)17-7-3-4-8-18(17)25-2/h3-4,7-10,12,16,21H,5-6,11,13H2,1-2H3. The number of sulfonamides is 1. The van der Waals surface area contributed by atoms with E-state index >= 15 is 0 Å². The summed E-state index contributed by atoms with van der Waals surface area (Å²) in [5, 5.41) is 0. The molecule has 1 aliphatic heterocycles. The highest BCUT2D eigenvalue weighted by Crippen LogP contribution is 2.30. The van der Waals surface area contributed by atoms with Gasteiger partial charge in [0.1, 0.15) is 11.6 Å². The second-order valence-corrected chi connectivity index (χ2v) is 8.17. The number of hydrogen-bond acceptors (Lipinski definition) is 4. The van der Waals surface area contributed by atoms with Crippen molar-refractivity contribution >= 4 is 15.7 Å². The summed E-state index contributed by atoms with van der Waals surface area (Å²) < 4.78 is 47.1. The maximum atomic E-state index is 13.5. The molecule has 0 saturated carbocycles. The van der Waals surface area contributed by atoms with E-state index in [0.29, 0.717) is 12.1 Å². The molecule has 5 nitrogen and oxygen atoms in total. The lowest BCUT2D eigenvalue weighted by molar-refractivity contribution is 0.409. The summed E-state index contributed by atoms with van der Waals surface area (Å²) in [5.41, 5.74) is 1.47. The van der Waals surface area contributed by atoms with Gasteiger partial charge in [0.2, 0.25) is 10.0 Å². The number of benzene rings is 2. The molecule has 0 radical (unpaired) electrons. The SMILES string of the molecule is COc1ccccc1N1CCCC(NS(=O)(=O)c2cc(F)ccc2C)C1. The van der Waals surface area contributed by atoms with Gasteiger partial charge < -0.3 is 9.64 Å². The number of ether oxygens (including phenoxy) is 1. The number of halogens is 1. The van der Waals surface area contributed by atoms with Crippen LogP contribution in [-0.4, -0.2) is 34.7 Å². The van der Waals surface area contributed by atoms with Gasteiger partial charge in [0.05, 0.1) is 17.7 Å². The van der Waals surface area contributed by atoms with E-state index in [1.54, 1.807) is 14.0 Å². The molecule has 1 fully saturated rings. The predicted octanol–water partition coefficient (Wildman–Crippen LogP) is 3.09. The third-order valence-corrected chi connectivity index (χ3v) is 6.27. The fourth-order valence-corrected chi connectivity index (χ4v) is 4.85. The maximum absolute atomic E-state index is 13.5. The molecule has 2 aromatic carbocycles. The Morgan fingerprint density at radius 3 is 2.77 bits per heavy atom. The van der Waals surface area contributed by atoms with Gasteiger partial charge in [0, 0.05) is 19.1 Å². The van der Waals surface area contributed by atoms with Gasteiger partial charge in [-0.05, 0) is 49.6 Å². The van der Waals surface area contributed by atoms with Gasteiger partial charge in [-0.25, -0.2) is 17.5 Å². The van der Waals surface area contributed by atoms with Crippen molar-refractivity contribution in [2.24, 2.45) is 0 Å². The van der Waals surface area contributed by atoms with E-state index in [4.69, 9.17) is 4.74 Å². The lowest BCUT2D eigenvalue weighted by Gasteiger charge is -2.35. The van der Waals surface area contributed by atoms with Gasteiger partial charge >= 0.3 is 0 Å². The molecule has 140 valence electrons. The van der Waals surface area contributed by atoms with Gasteiger partial charge in [-0.15, -0.1) is 0 Å². The van der Waals surface area contributed by atoms with Crippen LogP contribution in [0.1, 0.15) is 18.4 Å². The van der Waals surface area contributed by atoms with Crippen molar-refractivity contribution in [3.63, 3.8) is 0 Å². The van der Waals surface area contributed by atoms with Crippen LogP contribution >= 0.6 is 0 Å². The molecule has 2 aromatic rings. The molecule has 3 rings (SSSR count). The van der Waals surface area contributed by atoms with E-state index in [2.05, 4.69) is 9.62 Å². The molecule has 7 heteroatoms. The third kappa shape index (κ3) is 3.99. The highest BCUT2D eigenvalue weighted by molar-refractivity contribution is 7.89. The zero-order chi connectivity index (χ0) is 18.7. The minimum atomic E-state index is -3.78. The number of piperidine rings is 1. The van der Waals surface area contributed by atoms with Crippen LogP contribution in [0.4, 0.5) is 10.1 Å². The second kappa shape index (κ2) is 7.63. The molecule has 1 unspecified atom stereocenters. The number of rotatable bonds is 5. The first-order valence-electron chi connectivity index (χ1n) is 8.57. The summed E-state index contributed by atoms with van der Waals surface area (Å²) in [6.45, 7) is 3.03. The summed E-state index contributed by atoms with van der Waals surface area (Å²) in [6.07, 6.45) is 1.59. The van der Waals surface area contributed by atoms with Gasteiger partial charge in [0.15, 0.2) is 0 Å². The minimum absolute atomic E-state index is 0.00749. The Balaban J connectivity index is 1.79. The topological polar surface area (TPSA) is 58.6 Å². The molecule has 0 aliphatic carbocycles. The van der Waals surface area contributed by atoms with Crippen LogP contribution in [0.5, 0.6) is 5.75 Å². The Morgan fingerprint density at radius 2 is 2.00 bits per heavy atom. The lowest BCUT2D eigenvalue weighted by Crippen LogP contribution is -2.47. The lowest BCUT2D eigenvalue weighted by atomic mass is 10.1. The first-order chi connectivity index (χ1) is 12.4. The van der Waals surface area contributed by atoms with Crippen LogP contribution < -0.4 is 14.4 Å². The Hall–Kier alpha value is -2.12. The number of nitrogens with one attached hydrogen (secondary N) is 1. The minimum Gasteiger partial charge on any atom is -0.495 e. The van der Waals surface area contributed by atoms with Crippen LogP contribution in [0.3, 0.4) is 0 Å². The summed E-state index contributed by atoms with van der Waals surface area (Å²) in [6, 6.07) is 11.2. The molecular formula is C19H23FN2O3S. The predicted molar refractivity (Wildman–Crippen MR) is 99.7 cm³/mol. The summed E-state index contributed by atoms with van der Waals surface area (Å²) >= 11 is 0. The van der Waals surface area contributed by atoms with Crippen molar-refractivity contribution in [1.82, 2.24) is 4.72 Å². The van der Waals surface area contributed by atoms with E-state index in [0.717, 1.165) is 36.9 Å². The van der Waals surface area contributed by atoms with E-state index in [1.165, 1.54) is 12.1 Å². The molecule has 1 N–H and O–H groups in total. The van der Waals surface area contributed by atoms with Crippen molar-refractivity contribution in [2.45, 2.75) is 30.7 Å². The normalized spacial score (nSPS) is 18.0. The van der Waals surface area contributed by atoms with Crippen molar-refractivity contribution in [2.75, 3.05) is 25.1 Å². The van der Waals surface area contributed by atoms with E-state index in [9.17, 15) is 12.8 Å². The van der Waals surface area contributed by atoms with Crippen LogP contribution in [0.25, 0.3) is 0 Å². The average Bonchev–Trinajstić information content (AvgIpc) is 2.63. The van der Waals surface area contributed by atoms with Crippen molar-refractivity contribution in [1.29, 1.82) is 0 Å². The molecule has 0 spiro atoms. The largest absolute Gasteiger partial charge is 0.495 e. The molecule has 1 aliphatic rings. The van der Waals surface area contributed by atoms with E-state index in [-0.39, 0.29) is 10.9 Å². The third-order valence-electron chi connectivity index (χ3n) is 4.61. The van der Waals surface area contributed by atoms with Gasteiger partial charge in [-0.3, -0.25) is 0 Å². The van der Waals surface area contributed by atoms with Crippen LogP contribution in [0, 0.1) is 12.7 Å². The van der Waals surface area contributed by atoms with Crippen LogP contribution in [0.15, 0.2) is 47.4 Å². The van der Waals surface area contributed by atoms with Crippen molar-refractivity contribution < 1.29 is 17.5 Å². The fourth-order valence-electron chi connectivity index (χ4n) is 3.33. The molecule has 1 heterocycles. The summed E-state index contributed by atoms with van der Waals surface area (Å²) in [5.74, 6) is 0.201. The van der Waals surface area contributed by atoms with Crippen LogP contribution in [0.2, 0.25) is 0 Å². The summed E-state index contributed by atoms with van der Waals surface area (Å²) in [4.78, 5) is 2.11.